The van der Waals surface area contributed by atoms with Crippen LogP contribution in [-0.2, 0) is 9.59 Å². The lowest BCUT2D eigenvalue weighted by Gasteiger charge is -2.40. The van der Waals surface area contributed by atoms with Crippen LogP contribution < -0.4 is 20.7 Å². The van der Waals surface area contributed by atoms with Crippen molar-refractivity contribution in [3.05, 3.63) is 24.3 Å². The van der Waals surface area contributed by atoms with Gasteiger partial charge in [-0.3, -0.25) is 9.59 Å². The molecule has 1 saturated carbocycles. The molecule has 1 aliphatic heterocycles. The normalized spacial score (nSPS) is 26.2. The van der Waals surface area contributed by atoms with E-state index in [1.165, 1.54) is 6.42 Å². The van der Waals surface area contributed by atoms with Gasteiger partial charge in [-0.2, -0.15) is 0 Å². The molecule has 2 fully saturated rings. The number of benzene rings is 1. The number of fused-ring (bicyclic) bond motifs is 1. The molecule has 24 heavy (non-hydrogen) atoms. The van der Waals surface area contributed by atoms with Crippen LogP contribution in [0.15, 0.2) is 24.3 Å². The summed E-state index contributed by atoms with van der Waals surface area (Å²) in [7, 11) is 0. The molecule has 0 bridgehead atoms. The molecule has 1 saturated heterocycles. The van der Waals surface area contributed by atoms with E-state index in [2.05, 4.69) is 16.0 Å². The summed E-state index contributed by atoms with van der Waals surface area (Å²) in [5.41, 5.74) is 0.635. The molecule has 0 aromatic heterocycles. The van der Waals surface area contributed by atoms with Gasteiger partial charge >= 0.3 is 0 Å². The van der Waals surface area contributed by atoms with Gasteiger partial charge in [-0.05, 0) is 31.9 Å². The average molecular weight is 331 g/mol. The maximum atomic E-state index is 12.4. The monoisotopic (exact) mass is 331 g/mol. The summed E-state index contributed by atoms with van der Waals surface area (Å²) >= 11 is 0. The van der Waals surface area contributed by atoms with Crippen molar-refractivity contribution in [1.29, 1.82) is 0 Å². The number of amides is 2. The zero-order valence-electron chi connectivity index (χ0n) is 14.0. The number of hydrogen-bond donors (Lipinski definition) is 3. The number of ether oxygens (including phenoxy) is 1. The van der Waals surface area contributed by atoms with Crippen LogP contribution in [0.2, 0.25) is 0 Å². The first-order valence-electron chi connectivity index (χ1n) is 8.75. The van der Waals surface area contributed by atoms with Gasteiger partial charge in [-0.15, -0.1) is 0 Å². The molecule has 0 unspecified atom stereocenters. The fourth-order valence-electron chi connectivity index (χ4n) is 3.51. The molecule has 0 radical (unpaired) electrons. The fourth-order valence-corrected chi connectivity index (χ4v) is 3.51. The zero-order valence-corrected chi connectivity index (χ0v) is 14.0. The van der Waals surface area contributed by atoms with E-state index in [0.29, 0.717) is 18.0 Å². The molecule has 3 atom stereocenters. The number of nitrogens with one attached hydrogen (secondary N) is 3. The van der Waals surface area contributed by atoms with Crippen molar-refractivity contribution in [3.8, 4) is 5.75 Å². The number of carbonyl (C=O) groups excluding carboxylic acids is 2. The van der Waals surface area contributed by atoms with Gasteiger partial charge in [-0.25, -0.2) is 0 Å². The van der Waals surface area contributed by atoms with E-state index in [1.54, 1.807) is 6.07 Å². The van der Waals surface area contributed by atoms with Crippen molar-refractivity contribution in [3.63, 3.8) is 0 Å². The van der Waals surface area contributed by atoms with Gasteiger partial charge in [0.25, 0.3) is 0 Å². The molecule has 3 N–H and O–H groups in total. The Hall–Kier alpha value is -2.08. The Morgan fingerprint density at radius 1 is 1.25 bits per heavy atom. The number of para-hydroxylation sites is 2. The summed E-state index contributed by atoms with van der Waals surface area (Å²) in [6.07, 6.45) is 4.52. The first-order chi connectivity index (χ1) is 11.7. The minimum atomic E-state index is -0.469. The molecule has 130 valence electrons. The fraction of sp³-hybridized carbons (Fsp3) is 0.556. The van der Waals surface area contributed by atoms with E-state index in [1.807, 2.05) is 25.1 Å². The van der Waals surface area contributed by atoms with Crippen molar-refractivity contribution in [2.24, 2.45) is 0 Å². The van der Waals surface area contributed by atoms with Gasteiger partial charge in [0.15, 0.2) is 0 Å². The summed E-state index contributed by atoms with van der Waals surface area (Å²) in [4.78, 5) is 24.6. The second kappa shape index (κ2) is 7.66. The molecular weight excluding hydrogens is 306 g/mol. The molecule has 1 aromatic rings. The Balaban J connectivity index is 1.59. The minimum absolute atomic E-state index is 0.0774. The number of hydrogen-bond acceptors (Lipinski definition) is 4. The molecule has 1 heterocycles. The van der Waals surface area contributed by atoms with Crippen LogP contribution in [-0.4, -0.2) is 36.5 Å². The highest BCUT2D eigenvalue weighted by Gasteiger charge is 2.36. The van der Waals surface area contributed by atoms with Crippen LogP contribution in [0, 0.1) is 0 Å². The number of anilines is 1. The molecule has 1 aromatic carbocycles. The molecule has 6 heteroatoms. The van der Waals surface area contributed by atoms with Crippen LogP contribution in [0.3, 0.4) is 0 Å². The van der Waals surface area contributed by atoms with Crippen molar-refractivity contribution in [2.75, 3.05) is 11.9 Å². The second-order valence-electron chi connectivity index (χ2n) is 6.41. The van der Waals surface area contributed by atoms with Crippen molar-refractivity contribution >= 4 is 17.5 Å². The molecule has 2 amide bonds. The highest BCUT2D eigenvalue weighted by Crippen LogP contribution is 2.25. The maximum Gasteiger partial charge on any atom is 0.237 e. The van der Waals surface area contributed by atoms with Gasteiger partial charge < -0.3 is 20.7 Å². The van der Waals surface area contributed by atoms with Crippen LogP contribution >= 0.6 is 0 Å². The van der Waals surface area contributed by atoms with Crippen molar-refractivity contribution in [1.82, 2.24) is 10.6 Å². The number of piperazine rings is 1. The van der Waals surface area contributed by atoms with Gasteiger partial charge in [0.1, 0.15) is 5.75 Å². The highest BCUT2D eigenvalue weighted by atomic mass is 16.5. The van der Waals surface area contributed by atoms with Gasteiger partial charge in [0.2, 0.25) is 11.8 Å². The number of carbonyl (C=O) groups is 2. The number of rotatable bonds is 5. The third-order valence-corrected chi connectivity index (χ3v) is 4.68. The lowest BCUT2D eigenvalue weighted by atomic mass is 9.87. The summed E-state index contributed by atoms with van der Waals surface area (Å²) < 4.78 is 5.51. The first kappa shape index (κ1) is 16.8. The third kappa shape index (κ3) is 3.87. The Kier molecular flexibility index (Phi) is 5.35. The Labute approximate surface area is 142 Å². The maximum absolute atomic E-state index is 12.4. The zero-order chi connectivity index (χ0) is 16.9. The molecule has 6 nitrogen and oxygen atoms in total. The van der Waals surface area contributed by atoms with Crippen molar-refractivity contribution < 1.29 is 14.3 Å². The van der Waals surface area contributed by atoms with E-state index in [4.69, 9.17) is 4.74 Å². The minimum Gasteiger partial charge on any atom is -0.492 e. The predicted molar refractivity (Wildman–Crippen MR) is 92.0 cm³/mol. The molecule has 1 aliphatic carbocycles. The van der Waals surface area contributed by atoms with Crippen LogP contribution in [0.1, 0.15) is 39.0 Å². The SMILES string of the molecule is CCOc1ccccc1NC(=O)C[C@H]1N[C@H]2CCCC[C@H]2NC1=O. The summed E-state index contributed by atoms with van der Waals surface area (Å²) in [5, 5.41) is 9.27. The van der Waals surface area contributed by atoms with E-state index in [0.717, 1.165) is 19.3 Å². The Morgan fingerprint density at radius 3 is 2.79 bits per heavy atom. The van der Waals surface area contributed by atoms with E-state index in [-0.39, 0.29) is 30.3 Å². The van der Waals surface area contributed by atoms with Gasteiger partial charge in [-0.1, -0.05) is 25.0 Å². The van der Waals surface area contributed by atoms with Crippen LogP contribution in [0.4, 0.5) is 5.69 Å². The molecule has 3 rings (SSSR count). The molecule has 2 aliphatic rings. The lowest BCUT2D eigenvalue weighted by Crippen LogP contribution is -2.65. The van der Waals surface area contributed by atoms with Crippen molar-refractivity contribution in [2.45, 2.75) is 57.2 Å². The second-order valence-corrected chi connectivity index (χ2v) is 6.41. The van der Waals surface area contributed by atoms with Crippen LogP contribution in [0.5, 0.6) is 5.75 Å². The van der Waals surface area contributed by atoms with Gasteiger partial charge in [0.05, 0.1) is 24.8 Å². The first-order valence-corrected chi connectivity index (χ1v) is 8.75. The van der Waals surface area contributed by atoms with E-state index < -0.39 is 6.04 Å². The standard InChI is InChI=1S/C18H25N3O3/c1-2-24-16-10-6-5-9-14(16)20-17(22)11-15-18(23)21-13-8-4-3-7-12(13)19-15/h5-6,9-10,12-13,15,19H,2-4,7-8,11H2,1H3,(H,20,22)(H,21,23)/t12-,13+,15+/m0/s1. The van der Waals surface area contributed by atoms with E-state index in [9.17, 15) is 9.59 Å². The average Bonchev–Trinajstić information content (AvgIpc) is 2.57. The largest absolute Gasteiger partial charge is 0.492 e. The Morgan fingerprint density at radius 2 is 2.00 bits per heavy atom. The van der Waals surface area contributed by atoms with E-state index >= 15 is 0 Å². The summed E-state index contributed by atoms with van der Waals surface area (Å²) in [6, 6.07) is 7.35. The Bertz CT molecular complexity index is 605. The summed E-state index contributed by atoms with van der Waals surface area (Å²) in [6.45, 7) is 2.43. The lowest BCUT2D eigenvalue weighted by molar-refractivity contribution is -0.129. The topological polar surface area (TPSA) is 79.5 Å². The van der Waals surface area contributed by atoms with Crippen LogP contribution in [0.25, 0.3) is 0 Å². The third-order valence-electron chi connectivity index (χ3n) is 4.68. The quantitative estimate of drug-likeness (QED) is 0.769. The molecular formula is C18H25N3O3. The predicted octanol–water partition coefficient (Wildman–Crippen LogP) is 1.81. The molecule has 0 spiro atoms. The summed E-state index contributed by atoms with van der Waals surface area (Å²) in [5.74, 6) is 0.372. The highest BCUT2D eigenvalue weighted by molar-refractivity contribution is 5.96. The van der Waals surface area contributed by atoms with Gasteiger partial charge in [0, 0.05) is 12.1 Å². The smallest absolute Gasteiger partial charge is 0.237 e.